The maximum atomic E-state index is 10.5. The minimum Gasteiger partial charge on any atom is -0.496 e. The Hall–Kier alpha value is -1.80. The summed E-state index contributed by atoms with van der Waals surface area (Å²) >= 11 is 0. The molecule has 0 bridgehead atoms. The number of methoxy groups -OCH3 is 1. The lowest BCUT2D eigenvalue weighted by Crippen LogP contribution is -2.07. The van der Waals surface area contributed by atoms with Crippen LogP contribution in [0.1, 0.15) is 33.9 Å². The Morgan fingerprint density at radius 2 is 1.65 bits per heavy atom. The van der Waals surface area contributed by atoms with Crippen LogP contribution in [0.5, 0.6) is 5.75 Å². The Labute approximate surface area is 121 Å². The van der Waals surface area contributed by atoms with Crippen LogP contribution < -0.4 is 4.74 Å². The van der Waals surface area contributed by atoms with Gasteiger partial charge in [-0.05, 0) is 43.5 Å². The topological polar surface area (TPSA) is 29.5 Å². The zero-order valence-corrected chi connectivity index (χ0v) is 12.6. The lowest BCUT2D eigenvalue weighted by atomic mass is 9.95. The first-order valence-electron chi connectivity index (χ1n) is 6.90. The van der Waals surface area contributed by atoms with Crippen LogP contribution in [0.3, 0.4) is 0 Å². The van der Waals surface area contributed by atoms with E-state index in [0.717, 1.165) is 28.0 Å². The number of ether oxygens (including phenoxy) is 1. The zero-order valence-electron chi connectivity index (χ0n) is 12.6. The Morgan fingerprint density at radius 1 is 1.00 bits per heavy atom. The molecule has 2 aromatic rings. The minimum atomic E-state index is -0.548. The van der Waals surface area contributed by atoms with Crippen molar-refractivity contribution >= 4 is 0 Å². The molecular weight excluding hydrogens is 248 g/mol. The second kappa shape index (κ2) is 6.10. The van der Waals surface area contributed by atoms with Crippen LogP contribution in [0.4, 0.5) is 0 Å². The van der Waals surface area contributed by atoms with Crippen molar-refractivity contribution in [3.8, 4) is 5.75 Å². The Bertz CT molecular complexity index is 585. The van der Waals surface area contributed by atoms with E-state index in [1.807, 2.05) is 19.9 Å². The number of rotatable bonds is 4. The van der Waals surface area contributed by atoms with E-state index in [1.165, 1.54) is 5.56 Å². The van der Waals surface area contributed by atoms with Crippen LogP contribution in [-0.2, 0) is 6.42 Å². The highest BCUT2D eigenvalue weighted by atomic mass is 16.5. The van der Waals surface area contributed by atoms with Gasteiger partial charge >= 0.3 is 0 Å². The van der Waals surface area contributed by atoms with Gasteiger partial charge in [0.05, 0.1) is 13.2 Å². The van der Waals surface area contributed by atoms with Crippen LogP contribution in [0.15, 0.2) is 36.4 Å². The molecule has 0 aromatic heterocycles. The minimum absolute atomic E-state index is 0.548. The predicted octanol–water partition coefficient (Wildman–Crippen LogP) is 3.90. The summed E-state index contributed by atoms with van der Waals surface area (Å²) in [6, 6.07) is 12.3. The van der Waals surface area contributed by atoms with Crippen LogP contribution >= 0.6 is 0 Å². The van der Waals surface area contributed by atoms with E-state index in [-0.39, 0.29) is 0 Å². The van der Waals surface area contributed by atoms with E-state index in [0.29, 0.717) is 6.42 Å². The lowest BCUT2D eigenvalue weighted by molar-refractivity contribution is 0.173. The van der Waals surface area contributed by atoms with Crippen molar-refractivity contribution in [1.29, 1.82) is 0 Å². The van der Waals surface area contributed by atoms with Crippen molar-refractivity contribution in [2.75, 3.05) is 7.11 Å². The standard InChI is InChI=1S/C18H22O2/c1-12-5-7-15(8-6-12)11-16(19)18-14(3)9-13(2)10-17(18)20-4/h5-10,16,19H,11H2,1-4H3. The first-order chi connectivity index (χ1) is 9.51. The smallest absolute Gasteiger partial charge is 0.125 e. The lowest BCUT2D eigenvalue weighted by Gasteiger charge is -2.18. The maximum absolute atomic E-state index is 10.5. The van der Waals surface area contributed by atoms with Gasteiger partial charge in [0.1, 0.15) is 5.75 Å². The van der Waals surface area contributed by atoms with Crippen molar-refractivity contribution in [3.05, 3.63) is 64.2 Å². The maximum Gasteiger partial charge on any atom is 0.125 e. The molecular formula is C18H22O2. The molecule has 1 atom stereocenters. The normalized spacial score (nSPS) is 12.2. The highest BCUT2D eigenvalue weighted by molar-refractivity contribution is 5.45. The van der Waals surface area contributed by atoms with Gasteiger partial charge in [0, 0.05) is 12.0 Å². The van der Waals surface area contributed by atoms with Crippen molar-refractivity contribution in [2.45, 2.75) is 33.3 Å². The summed E-state index contributed by atoms with van der Waals surface area (Å²) in [5, 5.41) is 10.5. The molecule has 0 fully saturated rings. The molecule has 1 N–H and O–H groups in total. The molecule has 0 radical (unpaired) electrons. The predicted molar refractivity (Wildman–Crippen MR) is 82.3 cm³/mol. The Balaban J connectivity index is 2.29. The van der Waals surface area contributed by atoms with Gasteiger partial charge in [-0.2, -0.15) is 0 Å². The second-order valence-corrected chi connectivity index (χ2v) is 5.40. The molecule has 2 aromatic carbocycles. The molecule has 2 nitrogen and oxygen atoms in total. The number of aliphatic hydroxyl groups is 1. The van der Waals surface area contributed by atoms with Gasteiger partial charge in [0.2, 0.25) is 0 Å². The van der Waals surface area contributed by atoms with E-state index in [2.05, 4.69) is 37.3 Å². The first kappa shape index (κ1) is 14.6. The van der Waals surface area contributed by atoms with Gasteiger partial charge in [-0.3, -0.25) is 0 Å². The van der Waals surface area contributed by atoms with E-state index >= 15 is 0 Å². The molecule has 1 unspecified atom stereocenters. The number of hydrogen-bond donors (Lipinski definition) is 1. The van der Waals surface area contributed by atoms with E-state index in [9.17, 15) is 5.11 Å². The zero-order chi connectivity index (χ0) is 14.7. The Morgan fingerprint density at radius 3 is 2.25 bits per heavy atom. The highest BCUT2D eigenvalue weighted by Crippen LogP contribution is 2.31. The van der Waals surface area contributed by atoms with Crippen LogP contribution in [0.2, 0.25) is 0 Å². The number of aryl methyl sites for hydroxylation is 3. The summed E-state index contributed by atoms with van der Waals surface area (Å²) in [5.74, 6) is 0.766. The summed E-state index contributed by atoms with van der Waals surface area (Å²) in [4.78, 5) is 0. The largest absolute Gasteiger partial charge is 0.496 e. The molecule has 0 amide bonds. The third-order valence-corrected chi connectivity index (χ3v) is 3.60. The van der Waals surface area contributed by atoms with Crippen molar-refractivity contribution in [3.63, 3.8) is 0 Å². The fourth-order valence-corrected chi connectivity index (χ4v) is 2.59. The highest BCUT2D eigenvalue weighted by Gasteiger charge is 2.17. The summed E-state index contributed by atoms with van der Waals surface area (Å²) < 4.78 is 5.42. The average molecular weight is 270 g/mol. The van der Waals surface area contributed by atoms with Crippen LogP contribution in [-0.4, -0.2) is 12.2 Å². The quantitative estimate of drug-likeness (QED) is 0.913. The summed E-state index contributed by atoms with van der Waals surface area (Å²) in [7, 11) is 1.65. The summed E-state index contributed by atoms with van der Waals surface area (Å²) in [6.07, 6.45) is 0.0498. The molecule has 0 aliphatic carbocycles. The van der Waals surface area contributed by atoms with Crippen LogP contribution in [0, 0.1) is 20.8 Å². The first-order valence-corrected chi connectivity index (χ1v) is 6.90. The van der Waals surface area contributed by atoms with Gasteiger partial charge in [-0.1, -0.05) is 35.9 Å². The molecule has 106 valence electrons. The van der Waals surface area contributed by atoms with Gasteiger partial charge in [-0.25, -0.2) is 0 Å². The number of benzene rings is 2. The molecule has 0 saturated heterocycles. The van der Waals surface area contributed by atoms with Gasteiger partial charge < -0.3 is 9.84 Å². The van der Waals surface area contributed by atoms with Crippen LogP contribution in [0.25, 0.3) is 0 Å². The van der Waals surface area contributed by atoms with Crippen molar-refractivity contribution in [1.82, 2.24) is 0 Å². The summed E-state index contributed by atoms with van der Waals surface area (Å²) in [6.45, 7) is 6.11. The van der Waals surface area contributed by atoms with Gasteiger partial charge in [0.15, 0.2) is 0 Å². The molecule has 0 aliphatic heterocycles. The second-order valence-electron chi connectivity index (χ2n) is 5.40. The number of hydrogen-bond acceptors (Lipinski definition) is 2. The van der Waals surface area contributed by atoms with E-state index in [4.69, 9.17) is 4.74 Å². The molecule has 2 rings (SSSR count). The average Bonchev–Trinajstić information content (AvgIpc) is 2.40. The molecule has 2 heteroatoms. The molecule has 20 heavy (non-hydrogen) atoms. The fraction of sp³-hybridized carbons (Fsp3) is 0.333. The Kier molecular flexibility index (Phi) is 4.46. The molecule has 0 aliphatic rings. The summed E-state index contributed by atoms with van der Waals surface area (Å²) in [5.41, 5.74) is 5.46. The van der Waals surface area contributed by atoms with Gasteiger partial charge in [0.25, 0.3) is 0 Å². The van der Waals surface area contributed by atoms with Gasteiger partial charge in [-0.15, -0.1) is 0 Å². The third-order valence-electron chi connectivity index (χ3n) is 3.60. The van der Waals surface area contributed by atoms with E-state index < -0.39 is 6.10 Å². The van der Waals surface area contributed by atoms with Crippen molar-refractivity contribution in [2.24, 2.45) is 0 Å². The molecule has 0 saturated carbocycles. The SMILES string of the molecule is COc1cc(C)cc(C)c1C(O)Cc1ccc(C)cc1. The fourth-order valence-electron chi connectivity index (χ4n) is 2.59. The third kappa shape index (κ3) is 3.20. The molecule has 0 spiro atoms. The molecule has 0 heterocycles. The van der Waals surface area contributed by atoms with Crippen molar-refractivity contribution < 1.29 is 9.84 Å². The van der Waals surface area contributed by atoms with E-state index in [1.54, 1.807) is 7.11 Å². The monoisotopic (exact) mass is 270 g/mol. The number of aliphatic hydroxyl groups excluding tert-OH is 1.